The van der Waals surface area contributed by atoms with Crippen molar-refractivity contribution in [1.82, 2.24) is 25.5 Å². The molecular weight excluding hydrogens is 416 g/mol. The lowest BCUT2D eigenvalue weighted by molar-refractivity contribution is 0.477. The Balaban J connectivity index is 1.34. The molecule has 2 aliphatic heterocycles. The molecular formula is C24H30N8O. The van der Waals surface area contributed by atoms with E-state index in [1.54, 1.807) is 12.1 Å². The van der Waals surface area contributed by atoms with Crippen LogP contribution in [0.3, 0.4) is 0 Å². The highest BCUT2D eigenvalue weighted by molar-refractivity contribution is 5.74. The van der Waals surface area contributed by atoms with E-state index in [0.717, 1.165) is 57.0 Å². The van der Waals surface area contributed by atoms with Crippen LogP contribution < -0.4 is 20.9 Å². The quantitative estimate of drug-likeness (QED) is 0.470. The summed E-state index contributed by atoms with van der Waals surface area (Å²) in [5, 5.41) is 21.8. The zero-order chi connectivity index (χ0) is 22.8. The van der Waals surface area contributed by atoms with E-state index in [9.17, 15) is 5.11 Å². The minimum Gasteiger partial charge on any atom is -0.507 e. The first-order chi connectivity index (χ1) is 16.1. The van der Waals surface area contributed by atoms with E-state index in [2.05, 4.69) is 25.3 Å². The number of nitrogens with zero attached hydrogens (tertiary/aromatic N) is 6. The van der Waals surface area contributed by atoms with Crippen LogP contribution in [0.2, 0.25) is 0 Å². The zero-order valence-electron chi connectivity index (χ0n) is 18.9. The van der Waals surface area contributed by atoms with Crippen molar-refractivity contribution in [2.24, 2.45) is 0 Å². The molecule has 2 saturated heterocycles. The number of aryl methyl sites for hydroxylation is 1. The second-order valence-electron chi connectivity index (χ2n) is 8.81. The molecule has 172 valence electrons. The second kappa shape index (κ2) is 9.19. The minimum atomic E-state index is 0.180. The molecule has 9 heteroatoms. The fourth-order valence-corrected chi connectivity index (χ4v) is 4.97. The van der Waals surface area contributed by atoms with Crippen molar-refractivity contribution in [1.29, 1.82) is 0 Å². The van der Waals surface area contributed by atoms with Crippen molar-refractivity contribution in [2.75, 3.05) is 42.2 Å². The van der Waals surface area contributed by atoms with Gasteiger partial charge in [0.1, 0.15) is 5.75 Å². The molecule has 2 fully saturated rings. The van der Waals surface area contributed by atoms with E-state index >= 15 is 0 Å². The van der Waals surface area contributed by atoms with E-state index in [-0.39, 0.29) is 5.75 Å². The second-order valence-corrected chi connectivity index (χ2v) is 8.81. The predicted octanol–water partition coefficient (Wildman–Crippen LogP) is 2.23. The molecule has 33 heavy (non-hydrogen) atoms. The number of anilines is 3. The minimum absolute atomic E-state index is 0.180. The van der Waals surface area contributed by atoms with Crippen LogP contribution in [-0.2, 0) is 6.42 Å². The molecule has 0 saturated carbocycles. The van der Waals surface area contributed by atoms with Crippen LogP contribution >= 0.6 is 0 Å². The van der Waals surface area contributed by atoms with Gasteiger partial charge in [-0.1, -0.05) is 12.1 Å². The highest BCUT2D eigenvalue weighted by atomic mass is 16.3. The van der Waals surface area contributed by atoms with Gasteiger partial charge in [-0.2, -0.15) is 0 Å². The number of hydrogen-bond donors (Lipinski definition) is 3. The molecule has 2 atom stereocenters. The number of aromatic hydroxyl groups is 1. The maximum Gasteiger partial charge on any atom is 0.225 e. The Bertz CT molecular complexity index is 1090. The summed E-state index contributed by atoms with van der Waals surface area (Å²) in [7, 11) is 1.97. The Morgan fingerprint density at radius 3 is 2.52 bits per heavy atom. The van der Waals surface area contributed by atoms with Gasteiger partial charge in [-0.25, -0.2) is 9.97 Å². The van der Waals surface area contributed by atoms with Gasteiger partial charge in [0.2, 0.25) is 5.95 Å². The number of hydrogen-bond acceptors (Lipinski definition) is 9. The number of phenolic OH excluding ortho intramolecular Hbond substituents is 1. The molecule has 2 unspecified atom stereocenters. The molecule has 4 heterocycles. The standard InChI is InChI=1S/C24H30N8O/c1-26-10-4-5-16-12-27-24(28-13-16)32-17-8-9-18(32)15-31(14-17)21-11-20(29-30-23(21)25)19-6-2-3-7-22(19)33/h2-3,6-7,11-13,17-18,26,33H,4-5,8-10,14-15H2,1H3,(H2,25,30). The highest BCUT2D eigenvalue weighted by Crippen LogP contribution is 2.37. The molecule has 1 aromatic carbocycles. The Labute approximate surface area is 193 Å². The smallest absolute Gasteiger partial charge is 0.225 e. The van der Waals surface area contributed by atoms with E-state index in [0.29, 0.717) is 29.2 Å². The molecule has 0 amide bonds. The van der Waals surface area contributed by atoms with Crippen LogP contribution in [0.1, 0.15) is 24.8 Å². The van der Waals surface area contributed by atoms with Crippen molar-refractivity contribution < 1.29 is 5.11 Å². The molecule has 2 aromatic heterocycles. The summed E-state index contributed by atoms with van der Waals surface area (Å²) in [6, 6.07) is 9.72. The summed E-state index contributed by atoms with van der Waals surface area (Å²) in [4.78, 5) is 14.1. The van der Waals surface area contributed by atoms with Gasteiger partial charge in [0.25, 0.3) is 0 Å². The normalized spacial score (nSPS) is 19.8. The fourth-order valence-electron chi connectivity index (χ4n) is 4.97. The molecule has 0 aliphatic carbocycles. The number of piperazine rings is 1. The number of nitrogens with two attached hydrogens (primary N) is 1. The summed E-state index contributed by atoms with van der Waals surface area (Å²) in [6.07, 6.45) is 8.18. The number of fused-ring (bicyclic) bond motifs is 2. The third-order valence-corrected chi connectivity index (χ3v) is 6.62. The number of aromatic nitrogens is 4. The average molecular weight is 447 g/mol. The van der Waals surface area contributed by atoms with Crippen LogP contribution in [0.25, 0.3) is 11.3 Å². The van der Waals surface area contributed by atoms with Gasteiger partial charge in [-0.3, -0.25) is 0 Å². The van der Waals surface area contributed by atoms with E-state index in [1.165, 1.54) is 5.56 Å². The van der Waals surface area contributed by atoms with Gasteiger partial charge >= 0.3 is 0 Å². The van der Waals surface area contributed by atoms with Gasteiger partial charge < -0.3 is 26.0 Å². The van der Waals surface area contributed by atoms with Gasteiger partial charge in [0, 0.05) is 43.1 Å². The number of rotatable bonds is 7. The Morgan fingerprint density at radius 1 is 1.09 bits per heavy atom. The van der Waals surface area contributed by atoms with E-state index in [1.807, 2.05) is 37.6 Å². The molecule has 9 nitrogen and oxygen atoms in total. The third kappa shape index (κ3) is 4.28. The largest absolute Gasteiger partial charge is 0.507 e. The summed E-state index contributed by atoms with van der Waals surface area (Å²) in [6.45, 7) is 2.63. The van der Waals surface area contributed by atoms with Crippen molar-refractivity contribution in [2.45, 2.75) is 37.8 Å². The van der Waals surface area contributed by atoms with E-state index in [4.69, 9.17) is 15.7 Å². The number of phenols is 1. The third-order valence-electron chi connectivity index (χ3n) is 6.62. The van der Waals surface area contributed by atoms with Gasteiger partial charge in [-0.05, 0) is 63.0 Å². The summed E-state index contributed by atoms with van der Waals surface area (Å²) in [5.41, 5.74) is 9.54. The topological polar surface area (TPSA) is 116 Å². The van der Waals surface area contributed by atoms with Crippen LogP contribution in [0, 0.1) is 0 Å². The Hall–Kier alpha value is -3.46. The molecule has 4 N–H and O–H groups in total. The summed E-state index contributed by atoms with van der Waals surface area (Å²) < 4.78 is 0. The van der Waals surface area contributed by atoms with E-state index < -0.39 is 0 Å². The number of nitrogens with one attached hydrogen (secondary N) is 1. The Morgan fingerprint density at radius 2 is 1.82 bits per heavy atom. The highest BCUT2D eigenvalue weighted by Gasteiger charge is 2.42. The number of nitrogen functional groups attached to an aromatic ring is 1. The summed E-state index contributed by atoms with van der Waals surface area (Å²) >= 11 is 0. The first kappa shape index (κ1) is 21.4. The molecule has 2 aliphatic rings. The molecule has 0 radical (unpaired) electrons. The lowest BCUT2D eigenvalue weighted by Gasteiger charge is -2.42. The van der Waals surface area contributed by atoms with Gasteiger partial charge in [0.15, 0.2) is 5.82 Å². The SMILES string of the molecule is CNCCCc1cnc(N2C3CCC2CN(c2cc(-c4ccccc4O)nnc2N)C3)nc1. The van der Waals surface area contributed by atoms with Crippen molar-refractivity contribution in [3.63, 3.8) is 0 Å². The molecule has 3 aromatic rings. The fraction of sp³-hybridized carbons (Fsp3) is 0.417. The predicted molar refractivity (Wildman–Crippen MR) is 129 cm³/mol. The number of benzene rings is 1. The van der Waals surface area contributed by atoms with Crippen LogP contribution in [0.5, 0.6) is 5.75 Å². The lowest BCUT2D eigenvalue weighted by atomic mass is 10.1. The molecule has 5 rings (SSSR count). The van der Waals surface area contributed by atoms with Crippen molar-refractivity contribution in [3.8, 4) is 17.0 Å². The first-order valence-corrected chi connectivity index (χ1v) is 11.5. The monoisotopic (exact) mass is 446 g/mol. The van der Waals surface area contributed by atoms with Gasteiger partial charge in [-0.15, -0.1) is 10.2 Å². The molecule has 2 bridgehead atoms. The van der Waals surface area contributed by atoms with Crippen molar-refractivity contribution >= 4 is 17.5 Å². The van der Waals surface area contributed by atoms with Crippen LogP contribution in [0.4, 0.5) is 17.5 Å². The first-order valence-electron chi connectivity index (χ1n) is 11.5. The Kier molecular flexibility index (Phi) is 5.95. The average Bonchev–Trinajstić information content (AvgIpc) is 3.09. The van der Waals surface area contributed by atoms with Gasteiger partial charge in [0.05, 0.1) is 11.4 Å². The van der Waals surface area contributed by atoms with Crippen molar-refractivity contribution in [3.05, 3.63) is 48.3 Å². The van der Waals surface area contributed by atoms with Crippen LogP contribution in [-0.4, -0.2) is 64.0 Å². The lowest BCUT2D eigenvalue weighted by Crippen LogP contribution is -2.54. The number of para-hydroxylation sites is 1. The maximum atomic E-state index is 10.2. The zero-order valence-corrected chi connectivity index (χ0v) is 18.9. The summed E-state index contributed by atoms with van der Waals surface area (Å²) in [5.74, 6) is 1.40. The maximum absolute atomic E-state index is 10.2. The molecule has 0 spiro atoms. The van der Waals surface area contributed by atoms with Crippen LogP contribution in [0.15, 0.2) is 42.7 Å².